The number of benzene rings is 2. The van der Waals surface area contributed by atoms with Crippen molar-refractivity contribution in [2.75, 3.05) is 19.8 Å². The Morgan fingerprint density at radius 3 is 2.73 bits per heavy atom. The number of alkyl carbamates (subject to hydrolysis) is 1. The average molecular weight is 407 g/mol. The second kappa shape index (κ2) is 9.93. The fraction of sp³-hybridized carbons (Fsp3) is 0.304. The highest BCUT2D eigenvalue weighted by Crippen LogP contribution is 2.19. The maximum absolute atomic E-state index is 12.2. The zero-order chi connectivity index (χ0) is 20.6. The number of carbonyl (C=O) groups excluding carboxylic acids is 1. The smallest absolute Gasteiger partial charge is 0.407 e. The normalized spacial score (nSPS) is 18.5. The molecule has 7 heteroatoms. The highest BCUT2D eigenvalue weighted by Gasteiger charge is 2.28. The van der Waals surface area contributed by atoms with Crippen LogP contribution in [0.4, 0.5) is 4.79 Å². The molecule has 2 aromatic carbocycles. The highest BCUT2D eigenvalue weighted by atomic mass is 16.5. The molecule has 0 spiro atoms. The van der Waals surface area contributed by atoms with Crippen LogP contribution in [-0.4, -0.2) is 41.7 Å². The van der Waals surface area contributed by atoms with Gasteiger partial charge in [0.1, 0.15) is 12.4 Å². The molecule has 30 heavy (non-hydrogen) atoms. The number of aromatic nitrogens is 2. The number of hydrogen-bond acceptors (Lipinski definition) is 5. The van der Waals surface area contributed by atoms with E-state index >= 15 is 0 Å². The van der Waals surface area contributed by atoms with Gasteiger partial charge in [0.25, 0.3) is 0 Å². The summed E-state index contributed by atoms with van der Waals surface area (Å²) < 4.78 is 18.7. The predicted molar refractivity (Wildman–Crippen MR) is 112 cm³/mol. The summed E-state index contributed by atoms with van der Waals surface area (Å²) in [5, 5.41) is 7.19. The third-order valence-corrected chi connectivity index (χ3v) is 5.06. The fourth-order valence-corrected chi connectivity index (χ4v) is 3.39. The van der Waals surface area contributed by atoms with Gasteiger partial charge in [0.05, 0.1) is 18.9 Å². The molecule has 0 saturated carbocycles. The summed E-state index contributed by atoms with van der Waals surface area (Å²) in [4.78, 5) is 12.2. The number of rotatable bonds is 7. The molecule has 3 aromatic rings. The van der Waals surface area contributed by atoms with Crippen LogP contribution >= 0.6 is 0 Å². The zero-order valence-corrected chi connectivity index (χ0v) is 16.6. The molecule has 0 aliphatic carbocycles. The summed E-state index contributed by atoms with van der Waals surface area (Å²) >= 11 is 0. The van der Waals surface area contributed by atoms with Crippen LogP contribution in [0.5, 0.6) is 5.75 Å². The van der Waals surface area contributed by atoms with Crippen molar-refractivity contribution < 1.29 is 19.0 Å². The molecule has 1 N–H and O–H groups in total. The Hall–Kier alpha value is -3.32. The molecule has 156 valence electrons. The summed E-state index contributed by atoms with van der Waals surface area (Å²) in [6.07, 6.45) is 3.94. The first-order valence-electron chi connectivity index (χ1n) is 10.1. The first-order chi connectivity index (χ1) is 14.8. The van der Waals surface area contributed by atoms with Crippen molar-refractivity contribution >= 4 is 6.09 Å². The topological polar surface area (TPSA) is 74.6 Å². The van der Waals surface area contributed by atoms with Crippen LogP contribution in [-0.2, 0) is 16.1 Å². The van der Waals surface area contributed by atoms with E-state index < -0.39 is 6.09 Å². The minimum absolute atomic E-state index is 0.0498. The van der Waals surface area contributed by atoms with Gasteiger partial charge in [-0.1, -0.05) is 30.3 Å². The quantitative estimate of drug-likeness (QED) is 0.648. The number of nitrogens with zero attached hydrogens (tertiary/aromatic N) is 2. The minimum Gasteiger partial charge on any atom is -0.493 e. The van der Waals surface area contributed by atoms with E-state index in [1.807, 2.05) is 66.9 Å². The Bertz CT molecular complexity index is 913. The molecule has 1 aromatic heterocycles. The molecule has 7 nitrogen and oxygen atoms in total. The molecule has 1 aliphatic heterocycles. The van der Waals surface area contributed by atoms with Crippen molar-refractivity contribution in [1.29, 1.82) is 0 Å². The van der Waals surface area contributed by atoms with Gasteiger partial charge in [-0.15, -0.1) is 0 Å². The lowest BCUT2D eigenvalue weighted by molar-refractivity contribution is 0.0119. The van der Waals surface area contributed by atoms with Crippen LogP contribution in [0.3, 0.4) is 0 Å². The van der Waals surface area contributed by atoms with Crippen LogP contribution in [0.1, 0.15) is 12.0 Å². The molecule has 4 rings (SSSR count). The second-order valence-corrected chi connectivity index (χ2v) is 7.19. The van der Waals surface area contributed by atoms with Crippen molar-refractivity contribution in [1.82, 2.24) is 15.1 Å². The molecule has 2 heterocycles. The maximum atomic E-state index is 12.2. The average Bonchev–Trinajstić information content (AvgIpc) is 3.33. The number of nitrogens with one attached hydrogen (secondary N) is 1. The second-order valence-electron chi connectivity index (χ2n) is 7.19. The van der Waals surface area contributed by atoms with Gasteiger partial charge in [-0.2, -0.15) is 5.10 Å². The molecule has 2 unspecified atom stereocenters. The van der Waals surface area contributed by atoms with Crippen molar-refractivity contribution in [3.63, 3.8) is 0 Å². The molecule has 2 atom stereocenters. The van der Waals surface area contributed by atoms with Crippen LogP contribution in [0, 0.1) is 5.92 Å². The highest BCUT2D eigenvalue weighted by molar-refractivity contribution is 5.67. The van der Waals surface area contributed by atoms with E-state index in [0.29, 0.717) is 19.8 Å². The standard InChI is InChI=1S/C23H25N3O4/c27-23(30-15-18-5-2-1-3-6-18)25-22-11-14-28-16-19(22)17-29-21-9-7-20(8-10-21)26-13-4-12-24-26/h1-10,12-13,19,22H,11,14-17H2,(H,25,27). The lowest BCUT2D eigenvalue weighted by atomic mass is 9.97. The molecule has 1 saturated heterocycles. The molecular weight excluding hydrogens is 382 g/mol. The van der Waals surface area contributed by atoms with E-state index in [2.05, 4.69) is 10.4 Å². The number of carbonyl (C=O) groups is 1. The minimum atomic E-state index is -0.417. The maximum Gasteiger partial charge on any atom is 0.407 e. The first-order valence-corrected chi connectivity index (χ1v) is 10.1. The van der Waals surface area contributed by atoms with Gasteiger partial charge in [-0.25, -0.2) is 9.48 Å². The molecule has 1 fully saturated rings. The van der Waals surface area contributed by atoms with Crippen molar-refractivity contribution in [3.05, 3.63) is 78.6 Å². The van der Waals surface area contributed by atoms with E-state index in [-0.39, 0.29) is 18.6 Å². The Balaban J connectivity index is 1.27. The summed E-state index contributed by atoms with van der Waals surface area (Å²) in [6.45, 7) is 1.85. The lowest BCUT2D eigenvalue weighted by Gasteiger charge is -2.31. The first kappa shape index (κ1) is 20.0. The van der Waals surface area contributed by atoms with E-state index in [0.717, 1.165) is 23.4 Å². The summed E-state index contributed by atoms with van der Waals surface area (Å²) in [6, 6.07) is 19.2. The lowest BCUT2D eigenvalue weighted by Crippen LogP contribution is -2.47. The number of amides is 1. The molecule has 0 radical (unpaired) electrons. The van der Waals surface area contributed by atoms with E-state index in [9.17, 15) is 4.79 Å². The zero-order valence-electron chi connectivity index (χ0n) is 16.6. The summed E-state index contributed by atoms with van der Waals surface area (Å²) in [5.41, 5.74) is 1.92. The fourth-order valence-electron chi connectivity index (χ4n) is 3.39. The van der Waals surface area contributed by atoms with E-state index in [4.69, 9.17) is 14.2 Å². The predicted octanol–water partition coefficient (Wildman–Crippen LogP) is 3.58. The molecule has 1 amide bonds. The monoisotopic (exact) mass is 407 g/mol. The SMILES string of the molecule is O=C(NC1CCOCC1COc1ccc(-n2cccn2)cc1)OCc1ccccc1. The van der Waals surface area contributed by atoms with Crippen LogP contribution in [0.25, 0.3) is 5.69 Å². The van der Waals surface area contributed by atoms with Gasteiger partial charge in [0, 0.05) is 31.0 Å². The summed E-state index contributed by atoms with van der Waals surface area (Å²) in [5.74, 6) is 0.815. The molecule has 0 bridgehead atoms. The van der Waals surface area contributed by atoms with E-state index in [1.54, 1.807) is 10.9 Å². The summed E-state index contributed by atoms with van der Waals surface area (Å²) in [7, 11) is 0. The molecular formula is C23H25N3O4. The Morgan fingerprint density at radius 2 is 1.97 bits per heavy atom. The van der Waals surface area contributed by atoms with Gasteiger partial charge < -0.3 is 19.5 Å². The number of ether oxygens (including phenoxy) is 3. The van der Waals surface area contributed by atoms with Gasteiger partial charge >= 0.3 is 6.09 Å². The van der Waals surface area contributed by atoms with Crippen LogP contribution < -0.4 is 10.1 Å². The van der Waals surface area contributed by atoms with Crippen molar-refractivity contribution in [2.45, 2.75) is 19.1 Å². The van der Waals surface area contributed by atoms with Gasteiger partial charge in [-0.05, 0) is 42.3 Å². The third-order valence-electron chi connectivity index (χ3n) is 5.06. The van der Waals surface area contributed by atoms with Gasteiger partial charge in [-0.3, -0.25) is 0 Å². The third kappa shape index (κ3) is 5.39. The van der Waals surface area contributed by atoms with Gasteiger partial charge in [0.15, 0.2) is 0 Å². The Labute approximate surface area is 175 Å². The largest absolute Gasteiger partial charge is 0.493 e. The Morgan fingerprint density at radius 1 is 1.13 bits per heavy atom. The van der Waals surface area contributed by atoms with Gasteiger partial charge in [0.2, 0.25) is 0 Å². The molecule has 1 aliphatic rings. The van der Waals surface area contributed by atoms with Crippen molar-refractivity contribution in [3.8, 4) is 11.4 Å². The van der Waals surface area contributed by atoms with Crippen LogP contribution in [0.15, 0.2) is 73.1 Å². The van der Waals surface area contributed by atoms with Crippen LogP contribution in [0.2, 0.25) is 0 Å². The van der Waals surface area contributed by atoms with E-state index in [1.165, 1.54) is 0 Å². The Kier molecular flexibility index (Phi) is 6.61. The number of hydrogen-bond donors (Lipinski definition) is 1. The van der Waals surface area contributed by atoms with Crippen molar-refractivity contribution in [2.24, 2.45) is 5.92 Å².